The van der Waals surface area contributed by atoms with Crippen LogP contribution in [-0.2, 0) is 11.5 Å². The third-order valence-corrected chi connectivity index (χ3v) is 5.60. The molecule has 3 aromatic carbocycles. The van der Waals surface area contributed by atoms with Gasteiger partial charge in [-0.3, -0.25) is 0 Å². The van der Waals surface area contributed by atoms with Gasteiger partial charge in [-0.05, 0) is 59.7 Å². The molecule has 3 aromatic rings. The smallest absolute Gasteiger partial charge is 0.123 e. The van der Waals surface area contributed by atoms with Gasteiger partial charge >= 0.3 is 0 Å². The highest BCUT2D eigenvalue weighted by molar-refractivity contribution is 7.98. The maximum Gasteiger partial charge on any atom is 0.123 e. The van der Waals surface area contributed by atoms with E-state index in [1.807, 2.05) is 0 Å². The molecule has 0 heterocycles. The summed E-state index contributed by atoms with van der Waals surface area (Å²) in [5.74, 6) is 1.28. The molecule has 0 radical (unpaired) electrons. The Morgan fingerprint density at radius 2 is 1.00 bits per heavy atom. The van der Waals surface area contributed by atoms with Gasteiger partial charge in [-0.15, -0.1) is 23.5 Å². The van der Waals surface area contributed by atoms with Crippen LogP contribution in [0.5, 0.6) is 0 Å². The van der Waals surface area contributed by atoms with E-state index in [1.54, 1.807) is 47.8 Å². The average molecular weight is 358 g/mol. The van der Waals surface area contributed by atoms with Crippen LogP contribution in [0, 0.1) is 11.6 Å². The van der Waals surface area contributed by atoms with Crippen LogP contribution in [0.4, 0.5) is 8.78 Å². The zero-order valence-corrected chi connectivity index (χ0v) is 14.5. The van der Waals surface area contributed by atoms with Crippen molar-refractivity contribution in [2.24, 2.45) is 0 Å². The van der Waals surface area contributed by atoms with Gasteiger partial charge in [-0.2, -0.15) is 0 Å². The SMILES string of the molecule is Fc1ccc(SCc2cccc(CSc3ccc(F)cc3)c2)cc1. The Morgan fingerprint density at radius 3 is 1.42 bits per heavy atom. The van der Waals surface area contributed by atoms with E-state index in [-0.39, 0.29) is 11.6 Å². The molecule has 122 valence electrons. The second kappa shape index (κ2) is 8.36. The molecule has 0 bridgehead atoms. The zero-order chi connectivity index (χ0) is 16.8. The summed E-state index contributed by atoms with van der Waals surface area (Å²) in [7, 11) is 0. The van der Waals surface area contributed by atoms with Crippen LogP contribution in [0.1, 0.15) is 11.1 Å². The van der Waals surface area contributed by atoms with Gasteiger partial charge in [0.1, 0.15) is 11.6 Å². The van der Waals surface area contributed by atoms with Crippen LogP contribution in [0.25, 0.3) is 0 Å². The molecule has 4 heteroatoms. The van der Waals surface area contributed by atoms with E-state index in [0.717, 1.165) is 21.3 Å². The summed E-state index contributed by atoms with van der Waals surface area (Å²) in [6.45, 7) is 0. The Labute approximate surface area is 149 Å². The fourth-order valence-corrected chi connectivity index (χ4v) is 3.89. The van der Waals surface area contributed by atoms with Crippen molar-refractivity contribution >= 4 is 23.5 Å². The Bertz CT molecular complexity index is 719. The van der Waals surface area contributed by atoms with Crippen LogP contribution in [0.15, 0.2) is 82.6 Å². The molecular weight excluding hydrogens is 342 g/mol. The van der Waals surface area contributed by atoms with Crippen LogP contribution in [-0.4, -0.2) is 0 Å². The Balaban J connectivity index is 1.57. The van der Waals surface area contributed by atoms with E-state index < -0.39 is 0 Å². The molecule has 0 atom stereocenters. The van der Waals surface area contributed by atoms with Crippen LogP contribution < -0.4 is 0 Å². The van der Waals surface area contributed by atoms with Gasteiger partial charge in [-0.25, -0.2) is 8.78 Å². The van der Waals surface area contributed by atoms with Crippen molar-refractivity contribution in [1.82, 2.24) is 0 Å². The number of halogens is 2. The molecule has 0 saturated carbocycles. The molecule has 0 aliphatic rings. The predicted octanol–water partition coefficient (Wildman–Crippen LogP) is 6.55. The monoisotopic (exact) mass is 358 g/mol. The van der Waals surface area contributed by atoms with Crippen molar-refractivity contribution in [3.63, 3.8) is 0 Å². The first-order valence-corrected chi connectivity index (χ1v) is 9.51. The second-order valence-electron chi connectivity index (χ2n) is 5.31. The summed E-state index contributed by atoms with van der Waals surface area (Å²) in [4.78, 5) is 2.12. The Hall–Kier alpha value is -1.78. The molecule has 0 unspecified atom stereocenters. The lowest BCUT2D eigenvalue weighted by atomic mass is 10.2. The normalized spacial score (nSPS) is 10.8. The number of benzene rings is 3. The first-order valence-electron chi connectivity index (χ1n) is 7.53. The zero-order valence-electron chi connectivity index (χ0n) is 12.9. The van der Waals surface area contributed by atoms with E-state index in [0.29, 0.717) is 0 Å². The van der Waals surface area contributed by atoms with E-state index in [4.69, 9.17) is 0 Å². The maximum atomic E-state index is 12.9. The largest absolute Gasteiger partial charge is 0.207 e. The highest BCUT2D eigenvalue weighted by Gasteiger charge is 2.01. The molecule has 0 nitrogen and oxygen atoms in total. The molecule has 0 N–H and O–H groups in total. The third kappa shape index (κ3) is 5.11. The highest BCUT2D eigenvalue weighted by atomic mass is 32.2. The molecule has 0 aromatic heterocycles. The van der Waals surface area contributed by atoms with Gasteiger partial charge < -0.3 is 0 Å². The minimum Gasteiger partial charge on any atom is -0.207 e. The maximum absolute atomic E-state index is 12.9. The second-order valence-corrected chi connectivity index (χ2v) is 7.40. The number of rotatable bonds is 6. The summed E-state index contributed by atoms with van der Waals surface area (Å²) in [6, 6.07) is 21.6. The standard InChI is InChI=1S/C20H16F2S2/c21-17-4-8-19(9-5-17)23-13-15-2-1-3-16(12-15)14-24-20-10-6-18(22)7-11-20/h1-12H,13-14H2. The summed E-state index contributed by atoms with van der Waals surface area (Å²) in [6.07, 6.45) is 0. The van der Waals surface area contributed by atoms with Crippen LogP contribution >= 0.6 is 23.5 Å². The first-order chi connectivity index (χ1) is 11.7. The van der Waals surface area contributed by atoms with E-state index >= 15 is 0 Å². The number of hydrogen-bond acceptors (Lipinski definition) is 2. The van der Waals surface area contributed by atoms with Crippen molar-refractivity contribution in [1.29, 1.82) is 0 Å². The van der Waals surface area contributed by atoms with Gasteiger partial charge in [-0.1, -0.05) is 24.3 Å². The quantitative estimate of drug-likeness (QED) is 0.458. The van der Waals surface area contributed by atoms with Gasteiger partial charge in [0.25, 0.3) is 0 Å². The van der Waals surface area contributed by atoms with E-state index in [1.165, 1.54) is 35.4 Å². The lowest BCUT2D eigenvalue weighted by Crippen LogP contribution is -1.86. The third-order valence-electron chi connectivity index (χ3n) is 3.43. The summed E-state index contributed by atoms with van der Waals surface area (Å²) >= 11 is 3.38. The number of thioether (sulfide) groups is 2. The number of hydrogen-bond donors (Lipinski definition) is 0. The molecular formula is C20H16F2S2. The van der Waals surface area contributed by atoms with Crippen molar-refractivity contribution in [3.8, 4) is 0 Å². The molecule has 0 aliphatic carbocycles. The molecule has 0 spiro atoms. The molecule has 0 aliphatic heterocycles. The highest BCUT2D eigenvalue weighted by Crippen LogP contribution is 2.26. The van der Waals surface area contributed by atoms with Gasteiger partial charge in [0.05, 0.1) is 0 Å². The molecule has 0 saturated heterocycles. The van der Waals surface area contributed by atoms with Crippen molar-refractivity contribution in [3.05, 3.63) is 95.6 Å². The van der Waals surface area contributed by atoms with E-state index in [2.05, 4.69) is 24.3 Å². The van der Waals surface area contributed by atoms with Crippen molar-refractivity contribution in [2.75, 3.05) is 0 Å². The Kier molecular flexibility index (Phi) is 5.94. The van der Waals surface area contributed by atoms with Gasteiger partial charge in [0.2, 0.25) is 0 Å². The van der Waals surface area contributed by atoms with Gasteiger partial charge in [0.15, 0.2) is 0 Å². The lowest BCUT2D eigenvalue weighted by Gasteiger charge is -2.06. The average Bonchev–Trinajstić information content (AvgIpc) is 2.61. The fourth-order valence-electron chi connectivity index (χ4n) is 2.20. The summed E-state index contributed by atoms with van der Waals surface area (Å²) < 4.78 is 25.8. The van der Waals surface area contributed by atoms with Crippen LogP contribution in [0.2, 0.25) is 0 Å². The van der Waals surface area contributed by atoms with Crippen LogP contribution in [0.3, 0.4) is 0 Å². The summed E-state index contributed by atoms with van der Waals surface area (Å²) in [5, 5.41) is 0. The minimum atomic E-state index is -0.209. The Morgan fingerprint density at radius 1 is 0.583 bits per heavy atom. The molecule has 0 amide bonds. The molecule has 0 fully saturated rings. The topological polar surface area (TPSA) is 0 Å². The first kappa shape index (κ1) is 17.1. The van der Waals surface area contributed by atoms with Gasteiger partial charge in [0, 0.05) is 21.3 Å². The van der Waals surface area contributed by atoms with Crippen molar-refractivity contribution < 1.29 is 8.78 Å². The molecule has 24 heavy (non-hydrogen) atoms. The van der Waals surface area contributed by atoms with Crippen molar-refractivity contribution in [2.45, 2.75) is 21.3 Å². The lowest BCUT2D eigenvalue weighted by molar-refractivity contribution is 0.626. The minimum absolute atomic E-state index is 0.209. The molecule has 3 rings (SSSR count). The van der Waals surface area contributed by atoms with E-state index in [9.17, 15) is 8.78 Å². The predicted molar refractivity (Wildman–Crippen MR) is 98.4 cm³/mol. The summed E-state index contributed by atoms with van der Waals surface area (Å²) in [5.41, 5.74) is 2.48. The fraction of sp³-hybridized carbons (Fsp3) is 0.100.